The van der Waals surface area contributed by atoms with Crippen LogP contribution in [0, 0.1) is 28.6 Å². The topological polar surface area (TPSA) is 61.8 Å². The number of fused-ring (bicyclic) bond motifs is 6. The molecule has 5 nitrogen and oxygen atoms in total. The molecule has 0 N–H and O–H groups in total. The predicted octanol–water partition coefficient (Wildman–Crippen LogP) is 4.58. The fraction of sp³-hybridized carbons (Fsp3) is 0.840. The van der Waals surface area contributed by atoms with Crippen molar-refractivity contribution in [2.75, 3.05) is 13.2 Å². The van der Waals surface area contributed by atoms with Crippen molar-refractivity contribution in [2.45, 2.75) is 90.6 Å². The van der Waals surface area contributed by atoms with Gasteiger partial charge in [-0.15, -0.1) is 0 Å². The van der Waals surface area contributed by atoms with Crippen LogP contribution in [0.15, 0.2) is 11.6 Å². The molecule has 1 spiro atoms. The molecular formula is C25H36O5. The van der Waals surface area contributed by atoms with Crippen molar-refractivity contribution in [3.63, 3.8) is 0 Å². The normalized spacial score (nSPS) is 50.7. The molecule has 0 aromatic heterocycles. The summed E-state index contributed by atoms with van der Waals surface area (Å²) < 4.78 is 18.0. The minimum atomic E-state index is -1.14. The summed E-state index contributed by atoms with van der Waals surface area (Å²) in [6.07, 6.45) is 9.66. The van der Waals surface area contributed by atoms with Gasteiger partial charge in [0.1, 0.15) is 12.2 Å². The molecule has 1 unspecified atom stereocenters. The van der Waals surface area contributed by atoms with Crippen LogP contribution in [-0.4, -0.2) is 36.4 Å². The second-order valence-corrected chi connectivity index (χ2v) is 10.9. The van der Waals surface area contributed by atoms with Gasteiger partial charge < -0.3 is 14.2 Å². The maximum atomic E-state index is 13.3. The first-order valence-electron chi connectivity index (χ1n) is 11.9. The summed E-state index contributed by atoms with van der Waals surface area (Å²) in [5.74, 6) is 0.922. The molecule has 166 valence electrons. The van der Waals surface area contributed by atoms with Crippen molar-refractivity contribution in [1.82, 2.24) is 0 Å². The van der Waals surface area contributed by atoms with Gasteiger partial charge in [0.2, 0.25) is 0 Å². The number of Topliss-reactive ketones (excluding diaryl/α,β-unsaturated/α-hetero) is 1. The molecule has 0 bridgehead atoms. The van der Waals surface area contributed by atoms with Crippen molar-refractivity contribution in [3.05, 3.63) is 11.6 Å². The Morgan fingerprint density at radius 3 is 2.57 bits per heavy atom. The lowest BCUT2D eigenvalue weighted by Crippen LogP contribution is -2.65. The third kappa shape index (κ3) is 2.64. The van der Waals surface area contributed by atoms with E-state index >= 15 is 0 Å². The molecule has 4 fully saturated rings. The summed E-state index contributed by atoms with van der Waals surface area (Å²) in [7, 11) is 0. The quantitative estimate of drug-likeness (QED) is 0.659. The van der Waals surface area contributed by atoms with Gasteiger partial charge in [0.25, 0.3) is 5.97 Å². The number of rotatable bonds is 2. The minimum Gasteiger partial charge on any atom is -0.328 e. The van der Waals surface area contributed by atoms with Crippen molar-refractivity contribution in [2.24, 2.45) is 28.6 Å². The molecule has 0 radical (unpaired) electrons. The van der Waals surface area contributed by atoms with E-state index in [0.717, 1.165) is 44.9 Å². The highest BCUT2D eigenvalue weighted by Crippen LogP contribution is 2.69. The lowest BCUT2D eigenvalue weighted by Gasteiger charge is -2.60. The number of hydrogen-bond donors (Lipinski definition) is 0. The molecule has 0 aromatic carbocycles. The molecule has 5 aliphatic rings. The molecule has 1 heterocycles. The smallest absolute Gasteiger partial charge is 0.281 e. The first-order chi connectivity index (χ1) is 14.2. The highest BCUT2D eigenvalue weighted by molar-refractivity contribution is 5.92. The van der Waals surface area contributed by atoms with Gasteiger partial charge in [0.15, 0.2) is 11.6 Å². The van der Waals surface area contributed by atoms with Crippen LogP contribution in [0.2, 0.25) is 0 Å². The maximum absolute atomic E-state index is 13.3. The van der Waals surface area contributed by atoms with Gasteiger partial charge in [-0.2, -0.15) is 0 Å². The SMILES string of the molecule is CCOC1(C)OCC(=O)[C@]2(CC[C@H]3[C@@H]4CCC5=CC(=O)CC[C@]5(C)[C@H]4CC[C@@]32C)O1. The Kier molecular flexibility index (Phi) is 4.67. The minimum absolute atomic E-state index is 0.0691. The number of carbonyl (C=O) groups is 2. The Morgan fingerprint density at radius 1 is 1.03 bits per heavy atom. The molecule has 7 atom stereocenters. The summed E-state index contributed by atoms with van der Waals surface area (Å²) in [4.78, 5) is 25.4. The molecule has 0 amide bonds. The van der Waals surface area contributed by atoms with Gasteiger partial charge in [0.05, 0.1) is 0 Å². The summed E-state index contributed by atoms with van der Waals surface area (Å²) >= 11 is 0. The molecule has 5 heteroatoms. The van der Waals surface area contributed by atoms with E-state index in [0.29, 0.717) is 36.6 Å². The van der Waals surface area contributed by atoms with Crippen LogP contribution in [0.25, 0.3) is 0 Å². The van der Waals surface area contributed by atoms with E-state index in [4.69, 9.17) is 14.2 Å². The Balaban J connectivity index is 1.48. The summed E-state index contributed by atoms with van der Waals surface area (Å²) in [6.45, 7) is 8.99. The lowest BCUT2D eigenvalue weighted by molar-refractivity contribution is -0.420. The molecule has 5 rings (SSSR count). The van der Waals surface area contributed by atoms with Crippen LogP contribution in [-0.2, 0) is 23.8 Å². The van der Waals surface area contributed by atoms with Crippen LogP contribution >= 0.6 is 0 Å². The third-order valence-electron chi connectivity index (χ3n) is 9.76. The number of ether oxygens (including phenoxy) is 3. The zero-order chi connectivity index (χ0) is 21.4. The molecule has 30 heavy (non-hydrogen) atoms. The molecule has 1 saturated heterocycles. The van der Waals surface area contributed by atoms with Gasteiger partial charge in [0, 0.05) is 25.4 Å². The van der Waals surface area contributed by atoms with E-state index in [9.17, 15) is 9.59 Å². The molecule has 0 aromatic rings. The molecular weight excluding hydrogens is 380 g/mol. The van der Waals surface area contributed by atoms with Gasteiger partial charge in [-0.05, 0) is 81.1 Å². The second-order valence-electron chi connectivity index (χ2n) is 10.9. The first kappa shape index (κ1) is 20.8. The number of hydrogen-bond acceptors (Lipinski definition) is 5. The first-order valence-corrected chi connectivity index (χ1v) is 11.9. The van der Waals surface area contributed by atoms with Crippen molar-refractivity contribution in [3.8, 4) is 0 Å². The van der Waals surface area contributed by atoms with E-state index in [2.05, 4.69) is 13.8 Å². The Bertz CT molecular complexity index is 803. The van der Waals surface area contributed by atoms with E-state index in [1.54, 1.807) is 0 Å². The van der Waals surface area contributed by atoms with E-state index in [1.165, 1.54) is 5.57 Å². The van der Waals surface area contributed by atoms with Crippen molar-refractivity contribution in [1.29, 1.82) is 0 Å². The van der Waals surface area contributed by atoms with E-state index in [1.807, 2.05) is 19.9 Å². The largest absolute Gasteiger partial charge is 0.328 e. The van der Waals surface area contributed by atoms with E-state index in [-0.39, 0.29) is 23.2 Å². The zero-order valence-corrected chi connectivity index (χ0v) is 18.9. The number of carbonyl (C=O) groups excluding carboxylic acids is 2. The average Bonchev–Trinajstić information content (AvgIpc) is 2.99. The fourth-order valence-corrected chi connectivity index (χ4v) is 8.23. The standard InChI is InChI=1S/C25H36O5/c1-5-28-24(4)29-15-21(27)25(30-24)13-10-20-18-7-6-16-14-17(26)8-11-22(16,2)19(18)9-12-23(20,25)3/h14,18-20H,5-13,15H2,1-4H3/t18-,19+,20+,22+,23+,24?,25+/m1/s1. The Hall–Kier alpha value is -1.04. The average molecular weight is 417 g/mol. The molecule has 3 saturated carbocycles. The van der Waals surface area contributed by atoms with Crippen molar-refractivity contribution >= 4 is 11.6 Å². The van der Waals surface area contributed by atoms with Gasteiger partial charge in [-0.3, -0.25) is 9.59 Å². The van der Waals surface area contributed by atoms with Crippen LogP contribution in [0.3, 0.4) is 0 Å². The summed E-state index contributed by atoms with van der Waals surface area (Å²) in [6, 6.07) is 0. The second kappa shape index (κ2) is 6.73. The van der Waals surface area contributed by atoms with Crippen LogP contribution in [0.5, 0.6) is 0 Å². The van der Waals surface area contributed by atoms with Crippen LogP contribution in [0.4, 0.5) is 0 Å². The fourth-order valence-electron chi connectivity index (χ4n) is 8.23. The van der Waals surface area contributed by atoms with Crippen molar-refractivity contribution < 1.29 is 23.8 Å². The summed E-state index contributed by atoms with van der Waals surface area (Å²) in [5, 5.41) is 0. The van der Waals surface area contributed by atoms with Crippen LogP contribution in [0.1, 0.15) is 79.1 Å². The van der Waals surface area contributed by atoms with E-state index < -0.39 is 11.6 Å². The maximum Gasteiger partial charge on any atom is 0.281 e. The Labute approximate surface area is 179 Å². The van der Waals surface area contributed by atoms with Gasteiger partial charge in [-0.1, -0.05) is 19.4 Å². The predicted molar refractivity (Wildman–Crippen MR) is 112 cm³/mol. The van der Waals surface area contributed by atoms with Gasteiger partial charge in [-0.25, -0.2) is 0 Å². The zero-order valence-electron chi connectivity index (χ0n) is 18.9. The number of ketones is 2. The third-order valence-corrected chi connectivity index (χ3v) is 9.76. The van der Waals surface area contributed by atoms with Gasteiger partial charge >= 0.3 is 0 Å². The lowest BCUT2D eigenvalue weighted by atomic mass is 9.46. The number of allylic oxidation sites excluding steroid dienone is 1. The molecule has 1 aliphatic heterocycles. The highest BCUT2D eigenvalue weighted by atomic mass is 16.9. The molecule has 4 aliphatic carbocycles. The van der Waals surface area contributed by atoms with Crippen LogP contribution < -0.4 is 0 Å². The highest BCUT2D eigenvalue weighted by Gasteiger charge is 2.70. The monoisotopic (exact) mass is 416 g/mol. The Morgan fingerprint density at radius 2 is 1.80 bits per heavy atom. The summed E-state index contributed by atoms with van der Waals surface area (Å²) in [5.41, 5.74) is 0.548.